The maximum atomic E-state index is 5.84. The molecule has 0 fully saturated rings. The fourth-order valence-corrected chi connectivity index (χ4v) is 1.72. The number of hydrogen-bond donors (Lipinski definition) is 1. The van der Waals surface area contributed by atoms with Gasteiger partial charge in [0.1, 0.15) is 11.5 Å². The molecule has 0 unspecified atom stereocenters. The van der Waals surface area contributed by atoms with Crippen molar-refractivity contribution in [3.05, 3.63) is 47.5 Å². The molecule has 94 valence electrons. The summed E-state index contributed by atoms with van der Waals surface area (Å²) in [4.78, 5) is 0. The van der Waals surface area contributed by atoms with E-state index in [2.05, 4.69) is 5.32 Å². The van der Waals surface area contributed by atoms with E-state index >= 15 is 0 Å². The zero-order valence-corrected chi connectivity index (χ0v) is 11.0. The van der Waals surface area contributed by atoms with Crippen LogP contribution in [0.4, 0.5) is 11.4 Å². The van der Waals surface area contributed by atoms with Crippen LogP contribution in [-0.4, -0.2) is 14.2 Å². The number of rotatable bonds is 4. The summed E-state index contributed by atoms with van der Waals surface area (Å²) < 4.78 is 10.5. The van der Waals surface area contributed by atoms with Crippen LogP contribution in [-0.2, 0) is 0 Å². The first kappa shape index (κ1) is 12.6. The predicted octanol–water partition coefficient (Wildman–Crippen LogP) is 4.10. The topological polar surface area (TPSA) is 30.5 Å². The van der Waals surface area contributed by atoms with Gasteiger partial charge in [0.15, 0.2) is 0 Å². The van der Waals surface area contributed by atoms with E-state index in [0.29, 0.717) is 5.02 Å². The number of methoxy groups -OCH3 is 2. The highest BCUT2D eigenvalue weighted by Gasteiger charge is 2.05. The van der Waals surface area contributed by atoms with Crippen LogP contribution >= 0.6 is 11.6 Å². The van der Waals surface area contributed by atoms with Crippen molar-refractivity contribution in [1.82, 2.24) is 0 Å². The Morgan fingerprint density at radius 3 is 2.28 bits per heavy atom. The van der Waals surface area contributed by atoms with E-state index in [9.17, 15) is 0 Å². The molecule has 0 radical (unpaired) electrons. The summed E-state index contributed by atoms with van der Waals surface area (Å²) in [7, 11) is 3.25. The lowest BCUT2D eigenvalue weighted by Crippen LogP contribution is -1.95. The molecule has 0 aliphatic rings. The van der Waals surface area contributed by atoms with Gasteiger partial charge < -0.3 is 14.8 Å². The van der Waals surface area contributed by atoms with Gasteiger partial charge in [-0.05, 0) is 36.4 Å². The van der Waals surface area contributed by atoms with E-state index in [1.165, 1.54) is 0 Å². The quantitative estimate of drug-likeness (QED) is 0.901. The minimum Gasteiger partial charge on any atom is -0.497 e. The van der Waals surface area contributed by atoms with Gasteiger partial charge in [-0.3, -0.25) is 0 Å². The largest absolute Gasteiger partial charge is 0.497 e. The van der Waals surface area contributed by atoms with Gasteiger partial charge in [-0.1, -0.05) is 11.6 Å². The van der Waals surface area contributed by atoms with Crippen molar-refractivity contribution in [1.29, 1.82) is 0 Å². The standard InChI is InChI=1S/C14H14ClNO2/c1-17-12-7-8-13(14(9-12)18-2)16-11-5-3-10(15)4-6-11/h3-9,16H,1-2H3. The van der Waals surface area contributed by atoms with E-state index in [1.807, 2.05) is 42.5 Å². The Kier molecular flexibility index (Phi) is 3.95. The van der Waals surface area contributed by atoms with Crippen molar-refractivity contribution in [2.24, 2.45) is 0 Å². The summed E-state index contributed by atoms with van der Waals surface area (Å²) in [5.41, 5.74) is 1.82. The monoisotopic (exact) mass is 263 g/mol. The van der Waals surface area contributed by atoms with Crippen LogP contribution in [0.2, 0.25) is 5.02 Å². The SMILES string of the molecule is COc1ccc(Nc2ccc(Cl)cc2)c(OC)c1. The van der Waals surface area contributed by atoms with Gasteiger partial charge in [-0.2, -0.15) is 0 Å². The minimum atomic E-state index is 0.710. The molecular formula is C14H14ClNO2. The minimum absolute atomic E-state index is 0.710. The fraction of sp³-hybridized carbons (Fsp3) is 0.143. The Morgan fingerprint density at radius 1 is 0.944 bits per heavy atom. The first-order valence-corrected chi connectivity index (χ1v) is 5.85. The van der Waals surface area contributed by atoms with Crippen LogP contribution in [0.1, 0.15) is 0 Å². The van der Waals surface area contributed by atoms with Gasteiger partial charge in [0.2, 0.25) is 0 Å². The average Bonchev–Trinajstić information content (AvgIpc) is 2.41. The van der Waals surface area contributed by atoms with Gasteiger partial charge in [0.25, 0.3) is 0 Å². The van der Waals surface area contributed by atoms with Crippen molar-refractivity contribution < 1.29 is 9.47 Å². The van der Waals surface area contributed by atoms with E-state index in [-0.39, 0.29) is 0 Å². The van der Waals surface area contributed by atoms with Gasteiger partial charge in [0.05, 0.1) is 19.9 Å². The highest BCUT2D eigenvalue weighted by atomic mass is 35.5. The van der Waals surface area contributed by atoms with Gasteiger partial charge in [0, 0.05) is 16.8 Å². The second-order valence-electron chi connectivity index (χ2n) is 3.70. The number of halogens is 1. The highest BCUT2D eigenvalue weighted by molar-refractivity contribution is 6.30. The predicted molar refractivity (Wildman–Crippen MR) is 74.3 cm³/mol. The molecule has 2 aromatic carbocycles. The van der Waals surface area contributed by atoms with Crippen LogP contribution in [0.3, 0.4) is 0 Å². The number of ether oxygens (including phenoxy) is 2. The van der Waals surface area contributed by atoms with Crippen LogP contribution in [0, 0.1) is 0 Å². The Balaban J connectivity index is 2.25. The molecular weight excluding hydrogens is 250 g/mol. The first-order chi connectivity index (χ1) is 8.72. The molecule has 18 heavy (non-hydrogen) atoms. The van der Waals surface area contributed by atoms with Crippen LogP contribution in [0.15, 0.2) is 42.5 Å². The van der Waals surface area contributed by atoms with Gasteiger partial charge >= 0.3 is 0 Å². The van der Waals surface area contributed by atoms with Crippen molar-refractivity contribution >= 4 is 23.0 Å². The molecule has 0 saturated carbocycles. The molecule has 1 N–H and O–H groups in total. The van der Waals surface area contributed by atoms with E-state index in [4.69, 9.17) is 21.1 Å². The van der Waals surface area contributed by atoms with Crippen LogP contribution in [0.5, 0.6) is 11.5 Å². The molecule has 0 saturated heterocycles. The molecule has 0 aliphatic carbocycles. The lowest BCUT2D eigenvalue weighted by Gasteiger charge is -2.12. The van der Waals surface area contributed by atoms with E-state index < -0.39 is 0 Å². The van der Waals surface area contributed by atoms with Gasteiger partial charge in [-0.15, -0.1) is 0 Å². The molecule has 4 heteroatoms. The summed E-state index contributed by atoms with van der Waals surface area (Å²) in [6.45, 7) is 0. The van der Waals surface area contributed by atoms with Crippen molar-refractivity contribution in [3.63, 3.8) is 0 Å². The molecule has 0 bridgehead atoms. The Bertz CT molecular complexity index is 526. The van der Waals surface area contributed by atoms with E-state index in [1.54, 1.807) is 14.2 Å². The lowest BCUT2D eigenvalue weighted by atomic mass is 10.2. The average molecular weight is 264 g/mol. The number of nitrogens with one attached hydrogen (secondary N) is 1. The zero-order chi connectivity index (χ0) is 13.0. The molecule has 0 aliphatic heterocycles. The third-order valence-electron chi connectivity index (χ3n) is 2.53. The Morgan fingerprint density at radius 2 is 1.67 bits per heavy atom. The normalized spacial score (nSPS) is 9.94. The molecule has 0 heterocycles. The highest BCUT2D eigenvalue weighted by Crippen LogP contribution is 2.31. The maximum Gasteiger partial charge on any atom is 0.145 e. The molecule has 3 nitrogen and oxygen atoms in total. The third-order valence-corrected chi connectivity index (χ3v) is 2.78. The Hall–Kier alpha value is -1.87. The molecule has 2 rings (SSSR count). The fourth-order valence-electron chi connectivity index (χ4n) is 1.59. The summed E-state index contributed by atoms with van der Waals surface area (Å²) >= 11 is 5.84. The lowest BCUT2D eigenvalue weighted by molar-refractivity contribution is 0.395. The van der Waals surface area contributed by atoms with Crippen molar-refractivity contribution in [3.8, 4) is 11.5 Å². The third kappa shape index (κ3) is 2.87. The zero-order valence-electron chi connectivity index (χ0n) is 10.2. The molecule has 0 atom stereocenters. The number of anilines is 2. The molecule has 0 aromatic heterocycles. The van der Waals surface area contributed by atoms with Crippen LogP contribution in [0.25, 0.3) is 0 Å². The number of hydrogen-bond acceptors (Lipinski definition) is 3. The molecule has 0 amide bonds. The van der Waals surface area contributed by atoms with Crippen LogP contribution < -0.4 is 14.8 Å². The summed E-state index contributed by atoms with van der Waals surface area (Å²) in [6, 6.07) is 13.1. The summed E-state index contributed by atoms with van der Waals surface area (Å²) in [5, 5.41) is 3.97. The van der Waals surface area contributed by atoms with Crippen molar-refractivity contribution in [2.75, 3.05) is 19.5 Å². The Labute approximate surface area is 111 Å². The van der Waals surface area contributed by atoms with Crippen molar-refractivity contribution in [2.45, 2.75) is 0 Å². The first-order valence-electron chi connectivity index (χ1n) is 5.47. The van der Waals surface area contributed by atoms with Gasteiger partial charge in [-0.25, -0.2) is 0 Å². The smallest absolute Gasteiger partial charge is 0.145 e. The van der Waals surface area contributed by atoms with E-state index in [0.717, 1.165) is 22.9 Å². The molecule has 0 spiro atoms. The molecule has 2 aromatic rings. The second-order valence-corrected chi connectivity index (χ2v) is 4.13. The maximum absolute atomic E-state index is 5.84. The summed E-state index contributed by atoms with van der Waals surface area (Å²) in [5.74, 6) is 1.48. The second kappa shape index (κ2) is 5.65. The number of benzene rings is 2. The summed E-state index contributed by atoms with van der Waals surface area (Å²) in [6.07, 6.45) is 0.